The van der Waals surface area contributed by atoms with Gasteiger partial charge in [0, 0.05) is 7.05 Å². The van der Waals surface area contributed by atoms with Gasteiger partial charge in [0.05, 0.1) is 0 Å². The number of hydrogen-bond acceptors (Lipinski definition) is 3. The maximum Gasteiger partial charge on any atom is 0.490 e. The van der Waals surface area contributed by atoms with Gasteiger partial charge in [-0.1, -0.05) is 0 Å². The second-order valence-electron chi connectivity index (χ2n) is 2.16. The van der Waals surface area contributed by atoms with Crippen molar-refractivity contribution in [2.24, 2.45) is 0 Å². The first-order chi connectivity index (χ1) is 8.16. The molecule has 0 aliphatic rings. The largest absolute Gasteiger partial charge is 0.490 e. The molecule has 4 N–H and O–H groups in total. The maximum absolute atomic E-state index is 10.6. The average Bonchev–Trinajstić information content (AvgIpc) is 2.16. The smallest absolute Gasteiger partial charge is 0.475 e. The molecule has 19 heavy (non-hydrogen) atoms. The molecule has 0 spiro atoms. The number of nitrogens with one attached hydrogen (secondary N) is 1. The molecule has 0 bridgehead atoms. The monoisotopic (exact) mass is 303 g/mol. The first kappa shape index (κ1) is 22.0. The van der Waals surface area contributed by atoms with Crippen LogP contribution in [0.2, 0.25) is 0 Å². The van der Waals surface area contributed by atoms with Crippen molar-refractivity contribution in [3.63, 3.8) is 0 Å². The third-order valence-electron chi connectivity index (χ3n) is 0.699. The van der Waals surface area contributed by atoms with Gasteiger partial charge < -0.3 is 20.6 Å². The van der Waals surface area contributed by atoms with E-state index in [0.717, 1.165) is 0 Å². The van der Waals surface area contributed by atoms with Crippen LogP contribution < -0.4 is 5.32 Å². The number of rotatable bonds is 0. The van der Waals surface area contributed by atoms with E-state index in [1.54, 1.807) is 0 Å². The molecule has 0 fully saturated rings. The van der Waals surface area contributed by atoms with Crippen LogP contribution in [0.15, 0.2) is 0 Å². The molecular formula is C6H7F6NO6. The zero-order valence-corrected chi connectivity index (χ0v) is 8.83. The number of carbonyl (C=O) groups is 3. The Morgan fingerprint density at radius 1 is 0.789 bits per heavy atom. The predicted octanol–water partition coefficient (Wildman–Crippen LogP) is 1.15. The van der Waals surface area contributed by atoms with Gasteiger partial charge in [-0.25, -0.2) is 14.4 Å². The second kappa shape index (κ2) is 8.82. The lowest BCUT2D eigenvalue weighted by atomic mass is 10.7. The number of aliphatic carboxylic acids is 2. The Bertz CT molecular complexity index is 286. The van der Waals surface area contributed by atoms with Crippen molar-refractivity contribution in [3.8, 4) is 0 Å². The molecule has 0 radical (unpaired) electrons. The fraction of sp³-hybridized carbons (Fsp3) is 0.500. The lowest BCUT2D eigenvalue weighted by molar-refractivity contribution is -0.193. The third kappa shape index (κ3) is 21.6. The van der Waals surface area contributed by atoms with E-state index >= 15 is 0 Å². The van der Waals surface area contributed by atoms with E-state index in [1.807, 2.05) is 5.32 Å². The summed E-state index contributed by atoms with van der Waals surface area (Å²) in [5.41, 5.74) is 0. The Balaban J connectivity index is -0.000000206. The van der Waals surface area contributed by atoms with Crippen molar-refractivity contribution in [3.05, 3.63) is 0 Å². The number of hydrogen-bond donors (Lipinski definition) is 4. The van der Waals surface area contributed by atoms with E-state index < -0.39 is 30.4 Å². The van der Waals surface area contributed by atoms with Crippen molar-refractivity contribution >= 4 is 18.0 Å². The average molecular weight is 303 g/mol. The second-order valence-corrected chi connectivity index (χ2v) is 2.16. The Labute approximate surface area is 100.0 Å². The summed E-state index contributed by atoms with van der Waals surface area (Å²) in [4.78, 5) is 27.0. The lowest BCUT2D eigenvalue weighted by Gasteiger charge is -1.93. The number of alkyl halides is 6. The normalized spacial score (nSPS) is 10.1. The van der Waals surface area contributed by atoms with Gasteiger partial charge >= 0.3 is 30.4 Å². The fourth-order valence-electron chi connectivity index (χ4n) is 0. The molecule has 114 valence electrons. The molecule has 0 rings (SSSR count). The van der Waals surface area contributed by atoms with Crippen LogP contribution in [0.25, 0.3) is 0 Å². The van der Waals surface area contributed by atoms with Crippen molar-refractivity contribution in [2.45, 2.75) is 12.4 Å². The first-order valence-corrected chi connectivity index (χ1v) is 3.67. The molecule has 0 saturated heterocycles. The minimum Gasteiger partial charge on any atom is -0.475 e. The van der Waals surface area contributed by atoms with Gasteiger partial charge in [0.15, 0.2) is 0 Å². The lowest BCUT2D eigenvalue weighted by Crippen LogP contribution is -2.21. The van der Waals surface area contributed by atoms with Crippen molar-refractivity contribution in [2.75, 3.05) is 7.05 Å². The molecule has 0 aliphatic carbocycles. The molecule has 0 heterocycles. The van der Waals surface area contributed by atoms with Crippen LogP contribution in [-0.4, -0.2) is 52.8 Å². The van der Waals surface area contributed by atoms with E-state index in [2.05, 4.69) is 0 Å². The Morgan fingerprint density at radius 2 is 0.895 bits per heavy atom. The molecule has 13 heteroatoms. The van der Waals surface area contributed by atoms with Crippen LogP contribution in [0.3, 0.4) is 0 Å². The highest BCUT2D eigenvalue weighted by Crippen LogP contribution is 2.13. The number of carboxylic acids is 2. The highest BCUT2D eigenvalue weighted by Gasteiger charge is 2.38. The molecule has 0 atom stereocenters. The summed E-state index contributed by atoms with van der Waals surface area (Å²) in [6.45, 7) is 0. The van der Waals surface area contributed by atoms with Crippen LogP contribution in [0.5, 0.6) is 0 Å². The van der Waals surface area contributed by atoms with E-state index in [0.29, 0.717) is 0 Å². The van der Waals surface area contributed by atoms with Crippen LogP contribution >= 0.6 is 0 Å². The molecule has 0 aromatic heterocycles. The quantitative estimate of drug-likeness (QED) is 0.498. The predicted molar refractivity (Wildman–Crippen MR) is 44.5 cm³/mol. The zero-order chi connectivity index (χ0) is 16.4. The summed E-state index contributed by atoms with van der Waals surface area (Å²) >= 11 is 0. The molecule has 0 saturated carbocycles. The summed E-state index contributed by atoms with van der Waals surface area (Å²) in [6, 6.07) is 0. The Kier molecular flexibility index (Phi) is 10.2. The van der Waals surface area contributed by atoms with Gasteiger partial charge in [-0.05, 0) is 0 Å². The molecule has 1 amide bonds. The van der Waals surface area contributed by atoms with E-state index in [9.17, 15) is 31.1 Å². The van der Waals surface area contributed by atoms with Crippen LogP contribution in [0.4, 0.5) is 31.1 Å². The van der Waals surface area contributed by atoms with Gasteiger partial charge in [-0.2, -0.15) is 26.3 Å². The Hall–Kier alpha value is -2.21. The standard InChI is InChI=1S/2C2HF3O2.C2H5NO2/c2*3-2(4,5)1(6)7;1-3-2(4)5/h2*(H,6,7);3H,1H3,(H,4,5). The van der Waals surface area contributed by atoms with E-state index in [-0.39, 0.29) is 0 Å². The minimum atomic E-state index is -5.08. The molecule has 0 unspecified atom stereocenters. The highest BCUT2D eigenvalue weighted by atomic mass is 19.4. The zero-order valence-electron chi connectivity index (χ0n) is 8.83. The summed E-state index contributed by atoms with van der Waals surface area (Å²) in [5.74, 6) is -5.51. The topological polar surface area (TPSA) is 124 Å². The third-order valence-corrected chi connectivity index (χ3v) is 0.699. The van der Waals surface area contributed by atoms with Gasteiger partial charge in [0.25, 0.3) is 0 Å². The van der Waals surface area contributed by atoms with Gasteiger partial charge in [-0.3, -0.25) is 0 Å². The van der Waals surface area contributed by atoms with Gasteiger partial charge in [-0.15, -0.1) is 0 Å². The summed E-state index contributed by atoms with van der Waals surface area (Å²) < 4.78 is 63.5. The maximum atomic E-state index is 10.6. The van der Waals surface area contributed by atoms with Crippen molar-refractivity contribution in [1.82, 2.24) is 5.32 Å². The van der Waals surface area contributed by atoms with Crippen LogP contribution in [0, 0.1) is 0 Å². The van der Waals surface area contributed by atoms with E-state index in [4.69, 9.17) is 24.9 Å². The van der Waals surface area contributed by atoms with Crippen molar-refractivity contribution < 1.29 is 56.0 Å². The van der Waals surface area contributed by atoms with Gasteiger partial charge in [0.1, 0.15) is 0 Å². The van der Waals surface area contributed by atoms with Crippen LogP contribution in [0.1, 0.15) is 0 Å². The Morgan fingerprint density at radius 3 is 0.895 bits per heavy atom. The highest BCUT2D eigenvalue weighted by molar-refractivity contribution is 5.73. The van der Waals surface area contributed by atoms with Crippen molar-refractivity contribution in [1.29, 1.82) is 0 Å². The first-order valence-electron chi connectivity index (χ1n) is 3.67. The van der Waals surface area contributed by atoms with Gasteiger partial charge in [0.2, 0.25) is 0 Å². The van der Waals surface area contributed by atoms with E-state index in [1.165, 1.54) is 7.05 Å². The summed E-state index contributed by atoms with van der Waals surface area (Å²) in [5, 5.41) is 23.8. The summed E-state index contributed by atoms with van der Waals surface area (Å²) in [7, 11) is 1.35. The molecule has 0 aliphatic heterocycles. The molecular weight excluding hydrogens is 296 g/mol. The minimum absolute atomic E-state index is 0.995. The summed E-state index contributed by atoms with van der Waals surface area (Å²) in [6.07, 6.45) is -11.2. The van der Waals surface area contributed by atoms with Crippen LogP contribution in [-0.2, 0) is 9.59 Å². The molecule has 0 aromatic carbocycles. The fourth-order valence-corrected chi connectivity index (χ4v) is 0. The SMILES string of the molecule is CNC(=O)O.O=C(O)C(F)(F)F.O=C(O)C(F)(F)F. The number of carboxylic acid groups (broad SMARTS) is 3. The molecule has 0 aromatic rings. The number of halogens is 6. The number of amides is 1. The molecule has 7 nitrogen and oxygen atoms in total.